The fourth-order valence-corrected chi connectivity index (χ4v) is 2.48. The number of hydrogen-bond acceptors (Lipinski definition) is 3. The van der Waals surface area contributed by atoms with Crippen molar-refractivity contribution in [2.75, 3.05) is 6.54 Å². The molecule has 84 valence electrons. The largest absolute Gasteiger partial charge is 0.468 e. The highest BCUT2D eigenvalue weighted by Crippen LogP contribution is 2.27. The van der Waals surface area contributed by atoms with E-state index in [9.17, 15) is 0 Å². The summed E-state index contributed by atoms with van der Waals surface area (Å²) in [5, 5.41) is 3.61. The van der Waals surface area contributed by atoms with Crippen molar-refractivity contribution in [2.24, 2.45) is 11.7 Å². The van der Waals surface area contributed by atoms with Crippen LogP contribution in [0, 0.1) is 5.92 Å². The first-order valence-electron chi connectivity index (χ1n) is 5.80. The molecule has 1 aliphatic carbocycles. The van der Waals surface area contributed by atoms with E-state index in [1.54, 1.807) is 6.26 Å². The molecule has 0 amide bonds. The third kappa shape index (κ3) is 2.41. The summed E-state index contributed by atoms with van der Waals surface area (Å²) in [6.45, 7) is 2.94. The summed E-state index contributed by atoms with van der Waals surface area (Å²) < 4.78 is 5.38. The minimum absolute atomic E-state index is 0.289. The highest BCUT2D eigenvalue weighted by atomic mass is 16.3. The lowest BCUT2D eigenvalue weighted by molar-refractivity contribution is 0.341. The van der Waals surface area contributed by atoms with Crippen LogP contribution in [0.25, 0.3) is 0 Å². The first-order chi connectivity index (χ1) is 7.31. The Balaban J connectivity index is 1.91. The predicted octanol–water partition coefficient (Wildman–Crippen LogP) is 2.06. The third-order valence-corrected chi connectivity index (χ3v) is 3.40. The van der Waals surface area contributed by atoms with Gasteiger partial charge < -0.3 is 15.5 Å². The molecule has 0 aromatic carbocycles. The maximum absolute atomic E-state index is 5.76. The maximum Gasteiger partial charge on any atom is 0.120 e. The van der Waals surface area contributed by atoms with Crippen LogP contribution in [0.2, 0.25) is 0 Å². The molecule has 0 bridgehead atoms. The quantitative estimate of drug-likeness (QED) is 0.796. The first-order valence-corrected chi connectivity index (χ1v) is 5.80. The zero-order valence-electron chi connectivity index (χ0n) is 9.28. The number of nitrogens with one attached hydrogen (secondary N) is 1. The van der Waals surface area contributed by atoms with Crippen molar-refractivity contribution in [3.8, 4) is 0 Å². The molecule has 2 rings (SSSR count). The molecule has 1 aromatic heterocycles. The molecule has 3 nitrogen and oxygen atoms in total. The summed E-state index contributed by atoms with van der Waals surface area (Å²) in [5.41, 5.74) is 5.76. The highest BCUT2D eigenvalue weighted by molar-refractivity contribution is 5.04. The highest BCUT2D eigenvalue weighted by Gasteiger charge is 2.27. The number of nitrogens with two attached hydrogens (primary N) is 1. The molecule has 1 heterocycles. The van der Waals surface area contributed by atoms with Gasteiger partial charge in [0.15, 0.2) is 0 Å². The van der Waals surface area contributed by atoms with Crippen LogP contribution in [0.5, 0.6) is 0 Å². The fourth-order valence-electron chi connectivity index (χ4n) is 2.48. The Morgan fingerprint density at radius 2 is 2.47 bits per heavy atom. The molecule has 0 saturated heterocycles. The van der Waals surface area contributed by atoms with Crippen molar-refractivity contribution in [1.82, 2.24) is 5.32 Å². The summed E-state index contributed by atoms with van der Waals surface area (Å²) in [6.07, 6.45) is 5.53. The third-order valence-electron chi connectivity index (χ3n) is 3.40. The van der Waals surface area contributed by atoms with Gasteiger partial charge in [-0.25, -0.2) is 0 Å². The van der Waals surface area contributed by atoms with Crippen LogP contribution in [-0.4, -0.2) is 12.6 Å². The SMILES string of the molecule is CC(NC1CCCC1CN)c1ccco1. The molecule has 3 heteroatoms. The van der Waals surface area contributed by atoms with Crippen molar-refractivity contribution in [2.45, 2.75) is 38.3 Å². The van der Waals surface area contributed by atoms with Crippen LogP contribution in [0.1, 0.15) is 38.0 Å². The minimum atomic E-state index is 0.289. The van der Waals surface area contributed by atoms with Gasteiger partial charge in [0.1, 0.15) is 5.76 Å². The van der Waals surface area contributed by atoms with Crippen LogP contribution in [0.4, 0.5) is 0 Å². The number of rotatable bonds is 4. The average Bonchev–Trinajstić information content (AvgIpc) is 2.87. The van der Waals surface area contributed by atoms with Crippen molar-refractivity contribution in [1.29, 1.82) is 0 Å². The Kier molecular flexibility index (Phi) is 3.44. The lowest BCUT2D eigenvalue weighted by Crippen LogP contribution is -2.37. The van der Waals surface area contributed by atoms with Crippen molar-refractivity contribution in [3.05, 3.63) is 24.2 Å². The molecule has 1 saturated carbocycles. The van der Waals surface area contributed by atoms with E-state index in [1.165, 1.54) is 19.3 Å². The Morgan fingerprint density at radius 1 is 1.60 bits per heavy atom. The van der Waals surface area contributed by atoms with Gasteiger partial charge in [-0.05, 0) is 44.4 Å². The van der Waals surface area contributed by atoms with E-state index in [-0.39, 0.29) is 6.04 Å². The van der Waals surface area contributed by atoms with Gasteiger partial charge in [0.25, 0.3) is 0 Å². The second-order valence-electron chi connectivity index (χ2n) is 4.44. The average molecular weight is 208 g/mol. The van der Waals surface area contributed by atoms with Crippen LogP contribution in [-0.2, 0) is 0 Å². The Bertz CT molecular complexity index is 284. The normalized spacial score (nSPS) is 28.1. The van der Waals surface area contributed by atoms with Gasteiger partial charge >= 0.3 is 0 Å². The van der Waals surface area contributed by atoms with Crippen LogP contribution < -0.4 is 11.1 Å². The van der Waals surface area contributed by atoms with Gasteiger partial charge in [-0.15, -0.1) is 0 Å². The van der Waals surface area contributed by atoms with Crippen molar-refractivity contribution < 1.29 is 4.42 Å². The van der Waals surface area contributed by atoms with Crippen LogP contribution >= 0.6 is 0 Å². The van der Waals surface area contributed by atoms with E-state index < -0.39 is 0 Å². The van der Waals surface area contributed by atoms with E-state index in [0.29, 0.717) is 12.0 Å². The monoisotopic (exact) mass is 208 g/mol. The second kappa shape index (κ2) is 4.81. The van der Waals surface area contributed by atoms with E-state index >= 15 is 0 Å². The number of furan rings is 1. The van der Waals surface area contributed by atoms with E-state index in [2.05, 4.69) is 12.2 Å². The summed E-state index contributed by atoms with van der Waals surface area (Å²) >= 11 is 0. The molecule has 1 aromatic rings. The Labute approximate surface area is 91.0 Å². The molecule has 0 spiro atoms. The fraction of sp³-hybridized carbons (Fsp3) is 0.667. The zero-order chi connectivity index (χ0) is 10.7. The standard InChI is InChI=1S/C12H20N2O/c1-9(12-6-3-7-15-12)14-11-5-2-4-10(11)8-13/h3,6-7,9-11,14H,2,4-5,8,13H2,1H3. The second-order valence-corrected chi connectivity index (χ2v) is 4.44. The molecule has 3 N–H and O–H groups in total. The van der Waals surface area contributed by atoms with Crippen LogP contribution in [0.3, 0.4) is 0 Å². The Morgan fingerprint density at radius 3 is 3.13 bits per heavy atom. The molecule has 3 atom stereocenters. The predicted molar refractivity (Wildman–Crippen MR) is 60.4 cm³/mol. The van der Waals surface area contributed by atoms with Gasteiger partial charge in [0.05, 0.1) is 12.3 Å². The molecule has 15 heavy (non-hydrogen) atoms. The summed E-state index contributed by atoms with van der Waals surface area (Å²) in [4.78, 5) is 0. The minimum Gasteiger partial charge on any atom is -0.468 e. The molecule has 1 aliphatic rings. The van der Waals surface area contributed by atoms with Gasteiger partial charge in [0.2, 0.25) is 0 Å². The smallest absolute Gasteiger partial charge is 0.120 e. The molecule has 0 radical (unpaired) electrons. The lowest BCUT2D eigenvalue weighted by Gasteiger charge is -2.23. The number of hydrogen-bond donors (Lipinski definition) is 2. The van der Waals surface area contributed by atoms with Crippen LogP contribution in [0.15, 0.2) is 22.8 Å². The van der Waals surface area contributed by atoms with E-state index in [0.717, 1.165) is 12.3 Å². The van der Waals surface area contributed by atoms with Gasteiger partial charge in [0, 0.05) is 6.04 Å². The first kappa shape index (κ1) is 10.7. The van der Waals surface area contributed by atoms with Gasteiger partial charge in [-0.3, -0.25) is 0 Å². The van der Waals surface area contributed by atoms with E-state index in [4.69, 9.17) is 10.2 Å². The summed E-state index contributed by atoms with van der Waals surface area (Å²) in [7, 11) is 0. The maximum atomic E-state index is 5.76. The summed E-state index contributed by atoms with van der Waals surface area (Å²) in [5.74, 6) is 1.65. The lowest BCUT2D eigenvalue weighted by atomic mass is 10.0. The zero-order valence-corrected chi connectivity index (χ0v) is 9.28. The summed E-state index contributed by atoms with van der Waals surface area (Å²) in [6, 6.07) is 4.80. The van der Waals surface area contributed by atoms with E-state index in [1.807, 2.05) is 12.1 Å². The van der Waals surface area contributed by atoms with Crippen molar-refractivity contribution in [3.63, 3.8) is 0 Å². The van der Waals surface area contributed by atoms with Gasteiger partial charge in [-0.2, -0.15) is 0 Å². The van der Waals surface area contributed by atoms with Crippen molar-refractivity contribution >= 4 is 0 Å². The topological polar surface area (TPSA) is 51.2 Å². The molecule has 0 aliphatic heterocycles. The molecular formula is C12H20N2O. The Hall–Kier alpha value is -0.800. The van der Waals surface area contributed by atoms with Gasteiger partial charge in [-0.1, -0.05) is 6.42 Å². The molecule has 3 unspecified atom stereocenters. The molecule has 1 fully saturated rings. The molecular weight excluding hydrogens is 188 g/mol.